The fourth-order valence-electron chi connectivity index (χ4n) is 2.22. The van der Waals surface area contributed by atoms with Crippen LogP contribution in [0, 0.1) is 0 Å². The molecule has 7 nitrogen and oxygen atoms in total. The third-order valence-corrected chi connectivity index (χ3v) is 4.89. The lowest BCUT2D eigenvalue weighted by atomic mass is 10.3. The van der Waals surface area contributed by atoms with Crippen molar-refractivity contribution in [3.05, 3.63) is 59.4 Å². The molecule has 26 heavy (non-hydrogen) atoms. The fourth-order valence-corrected chi connectivity index (χ4v) is 3.43. The Morgan fingerprint density at radius 3 is 3.12 bits per heavy atom. The summed E-state index contributed by atoms with van der Waals surface area (Å²) < 4.78 is 5.55. The lowest BCUT2D eigenvalue weighted by molar-refractivity contribution is -0.128. The molecule has 134 valence electrons. The largest absolute Gasteiger partial charge is 0.465 e. The van der Waals surface area contributed by atoms with Crippen molar-refractivity contribution >= 4 is 46.2 Å². The third-order valence-electron chi connectivity index (χ3n) is 3.50. The number of aromatic nitrogens is 2. The SMILES string of the molecule is O=C(CN1C(=O)C(=CC=Cc2ccco2)SC1=S)NCCc1cnc[nH]1. The minimum absolute atomic E-state index is 0.0904. The summed E-state index contributed by atoms with van der Waals surface area (Å²) in [6.45, 7) is 0.366. The molecular weight excluding hydrogens is 372 g/mol. The zero-order chi connectivity index (χ0) is 18.4. The number of nitrogens with zero attached hydrogens (tertiary/aromatic N) is 2. The maximum Gasteiger partial charge on any atom is 0.266 e. The molecule has 0 saturated carbocycles. The number of imidazole rings is 1. The van der Waals surface area contributed by atoms with E-state index < -0.39 is 0 Å². The van der Waals surface area contributed by atoms with Gasteiger partial charge < -0.3 is 14.7 Å². The van der Waals surface area contributed by atoms with Crippen molar-refractivity contribution in [2.45, 2.75) is 6.42 Å². The Bertz CT molecular complexity index is 842. The van der Waals surface area contributed by atoms with Gasteiger partial charge in [0.1, 0.15) is 16.6 Å². The molecule has 1 saturated heterocycles. The summed E-state index contributed by atoms with van der Waals surface area (Å²) in [7, 11) is 0. The van der Waals surface area contributed by atoms with E-state index in [1.165, 1.54) is 16.7 Å². The number of allylic oxidation sites excluding steroid dienone is 2. The molecule has 3 heterocycles. The van der Waals surface area contributed by atoms with Crippen LogP contribution in [-0.2, 0) is 16.0 Å². The molecule has 1 fully saturated rings. The second kappa shape index (κ2) is 8.63. The average Bonchev–Trinajstić information content (AvgIpc) is 3.35. The third kappa shape index (κ3) is 4.70. The van der Waals surface area contributed by atoms with Gasteiger partial charge in [0.05, 0.1) is 17.5 Å². The van der Waals surface area contributed by atoms with Gasteiger partial charge in [-0.05, 0) is 24.3 Å². The molecule has 3 rings (SSSR count). The first kappa shape index (κ1) is 18.2. The van der Waals surface area contributed by atoms with E-state index in [9.17, 15) is 9.59 Å². The van der Waals surface area contributed by atoms with E-state index in [0.717, 1.165) is 5.69 Å². The van der Waals surface area contributed by atoms with E-state index in [0.29, 0.717) is 28.0 Å². The number of furan rings is 1. The highest BCUT2D eigenvalue weighted by Gasteiger charge is 2.32. The molecule has 0 radical (unpaired) electrons. The number of nitrogens with one attached hydrogen (secondary N) is 2. The van der Waals surface area contributed by atoms with Crippen molar-refractivity contribution in [3.63, 3.8) is 0 Å². The van der Waals surface area contributed by atoms with Crippen molar-refractivity contribution in [1.82, 2.24) is 20.2 Å². The van der Waals surface area contributed by atoms with Crippen LogP contribution in [0.1, 0.15) is 11.5 Å². The van der Waals surface area contributed by atoms with Gasteiger partial charge >= 0.3 is 0 Å². The number of thiocarbonyl (C=S) groups is 1. The second-order valence-electron chi connectivity index (χ2n) is 5.34. The number of hydrogen-bond acceptors (Lipinski definition) is 6. The molecule has 1 aliphatic rings. The molecule has 2 aromatic rings. The van der Waals surface area contributed by atoms with Gasteiger partial charge in [0.25, 0.3) is 5.91 Å². The van der Waals surface area contributed by atoms with Crippen LogP contribution >= 0.6 is 24.0 Å². The van der Waals surface area contributed by atoms with Crippen LogP contribution in [0.4, 0.5) is 0 Å². The first-order valence-electron chi connectivity index (χ1n) is 7.83. The first-order valence-corrected chi connectivity index (χ1v) is 9.05. The highest BCUT2D eigenvalue weighted by molar-refractivity contribution is 8.26. The van der Waals surface area contributed by atoms with Gasteiger partial charge in [0.15, 0.2) is 0 Å². The Balaban J connectivity index is 1.50. The lowest BCUT2D eigenvalue weighted by Crippen LogP contribution is -2.40. The predicted molar refractivity (Wildman–Crippen MR) is 103 cm³/mol. The van der Waals surface area contributed by atoms with Gasteiger partial charge in [-0.2, -0.15) is 0 Å². The average molecular weight is 388 g/mol. The summed E-state index contributed by atoms with van der Waals surface area (Å²) in [5.41, 5.74) is 0.933. The van der Waals surface area contributed by atoms with Crippen molar-refractivity contribution in [2.75, 3.05) is 13.1 Å². The van der Waals surface area contributed by atoms with Crippen molar-refractivity contribution in [2.24, 2.45) is 0 Å². The summed E-state index contributed by atoms with van der Waals surface area (Å²) >= 11 is 6.39. The Labute approximate surface area is 159 Å². The normalized spacial score (nSPS) is 16.2. The Morgan fingerprint density at radius 2 is 2.38 bits per heavy atom. The zero-order valence-corrected chi connectivity index (χ0v) is 15.3. The summed E-state index contributed by atoms with van der Waals surface area (Å²) in [5.74, 6) is 0.161. The number of amides is 2. The summed E-state index contributed by atoms with van der Waals surface area (Å²) in [4.78, 5) is 33.1. The maximum atomic E-state index is 12.4. The van der Waals surface area contributed by atoms with E-state index in [1.807, 2.05) is 6.07 Å². The molecule has 2 amide bonds. The van der Waals surface area contributed by atoms with E-state index in [-0.39, 0.29) is 18.4 Å². The van der Waals surface area contributed by atoms with Crippen LogP contribution in [0.2, 0.25) is 0 Å². The molecule has 0 aliphatic carbocycles. The van der Waals surface area contributed by atoms with Crippen LogP contribution in [0.25, 0.3) is 6.08 Å². The fraction of sp³-hybridized carbons (Fsp3) is 0.176. The Kier molecular flexibility index (Phi) is 6.03. The number of aromatic amines is 1. The van der Waals surface area contributed by atoms with Gasteiger partial charge in [-0.1, -0.05) is 30.1 Å². The van der Waals surface area contributed by atoms with Crippen LogP contribution in [0.3, 0.4) is 0 Å². The number of carbonyl (C=O) groups is 2. The van der Waals surface area contributed by atoms with E-state index in [4.69, 9.17) is 16.6 Å². The van der Waals surface area contributed by atoms with E-state index >= 15 is 0 Å². The van der Waals surface area contributed by atoms with Crippen molar-refractivity contribution in [3.8, 4) is 0 Å². The van der Waals surface area contributed by atoms with Crippen LogP contribution in [0.15, 0.2) is 52.4 Å². The standard InChI is InChI=1S/C17H16N4O3S2/c22-15(19-7-6-12-9-18-11-20-12)10-21-16(23)14(26-17(21)25)5-1-3-13-4-2-8-24-13/h1-5,8-9,11H,6-7,10H2,(H,18,20)(H,19,22). The number of H-pyrrole nitrogens is 1. The summed E-state index contributed by atoms with van der Waals surface area (Å²) in [6.07, 6.45) is 10.6. The first-order chi connectivity index (χ1) is 12.6. The second-order valence-corrected chi connectivity index (χ2v) is 7.02. The maximum absolute atomic E-state index is 12.4. The molecule has 1 aliphatic heterocycles. The molecule has 2 N–H and O–H groups in total. The van der Waals surface area contributed by atoms with Gasteiger partial charge in [-0.25, -0.2) is 4.98 Å². The molecule has 2 aromatic heterocycles. The molecule has 9 heteroatoms. The van der Waals surface area contributed by atoms with E-state index in [2.05, 4.69) is 15.3 Å². The summed E-state index contributed by atoms with van der Waals surface area (Å²) in [5, 5.41) is 2.77. The highest BCUT2D eigenvalue weighted by Crippen LogP contribution is 2.30. The Hall–Kier alpha value is -2.65. The molecule has 0 unspecified atom stereocenters. The topological polar surface area (TPSA) is 91.2 Å². The smallest absolute Gasteiger partial charge is 0.266 e. The quantitative estimate of drug-likeness (QED) is 0.558. The lowest BCUT2D eigenvalue weighted by Gasteiger charge is -2.13. The van der Waals surface area contributed by atoms with Gasteiger partial charge in [0.2, 0.25) is 5.91 Å². The highest BCUT2D eigenvalue weighted by atomic mass is 32.2. The molecule has 0 spiro atoms. The van der Waals surface area contributed by atoms with Crippen LogP contribution in [-0.4, -0.2) is 44.1 Å². The number of thioether (sulfide) groups is 1. The van der Waals surface area contributed by atoms with E-state index in [1.54, 1.807) is 43.1 Å². The van der Waals surface area contributed by atoms with Crippen molar-refractivity contribution < 1.29 is 14.0 Å². The molecule has 0 bridgehead atoms. The minimum atomic E-state index is -0.271. The predicted octanol–water partition coefficient (Wildman–Crippen LogP) is 2.12. The molecule has 0 aromatic carbocycles. The van der Waals surface area contributed by atoms with Crippen LogP contribution < -0.4 is 5.32 Å². The minimum Gasteiger partial charge on any atom is -0.465 e. The van der Waals surface area contributed by atoms with Gasteiger partial charge in [-0.15, -0.1) is 0 Å². The number of hydrogen-bond donors (Lipinski definition) is 2. The molecular formula is C17H16N4O3S2. The zero-order valence-electron chi connectivity index (χ0n) is 13.7. The van der Waals surface area contributed by atoms with Gasteiger partial charge in [-0.3, -0.25) is 14.5 Å². The monoisotopic (exact) mass is 388 g/mol. The van der Waals surface area contributed by atoms with Gasteiger partial charge in [0, 0.05) is 24.9 Å². The molecule has 0 atom stereocenters. The van der Waals surface area contributed by atoms with Crippen molar-refractivity contribution in [1.29, 1.82) is 0 Å². The Morgan fingerprint density at radius 1 is 1.50 bits per heavy atom. The summed E-state index contributed by atoms with van der Waals surface area (Å²) in [6, 6.07) is 3.59. The number of carbonyl (C=O) groups excluding carboxylic acids is 2. The number of rotatable bonds is 7. The van der Waals surface area contributed by atoms with Crippen LogP contribution in [0.5, 0.6) is 0 Å².